The van der Waals surface area contributed by atoms with Gasteiger partial charge < -0.3 is 10.3 Å². The van der Waals surface area contributed by atoms with Crippen molar-refractivity contribution in [2.24, 2.45) is 18.7 Å². The number of hydrogen-bond acceptors (Lipinski definition) is 5. The number of nitrogens with zero attached hydrogens (tertiary/aromatic N) is 2. The summed E-state index contributed by atoms with van der Waals surface area (Å²) in [6.07, 6.45) is 6.18. The van der Waals surface area contributed by atoms with Gasteiger partial charge in [0.2, 0.25) is 10.0 Å². The first-order valence-corrected chi connectivity index (χ1v) is 11.5. The molecule has 1 aliphatic carbocycles. The molecule has 0 spiro atoms. The third-order valence-electron chi connectivity index (χ3n) is 5.55. The number of hydrogen-bond donors (Lipinski definition) is 3. The Balaban J connectivity index is 1.73. The van der Waals surface area contributed by atoms with Gasteiger partial charge in [-0.25, -0.2) is 17.8 Å². The molecule has 1 aromatic heterocycles. The van der Waals surface area contributed by atoms with Crippen molar-refractivity contribution in [3.63, 3.8) is 0 Å². The molecule has 3 rings (SSSR count). The van der Waals surface area contributed by atoms with Crippen LogP contribution in [0, 0.1) is 11.7 Å². The molecule has 0 aliphatic heterocycles. The number of nitrogens with one attached hydrogen (secondary N) is 2. The van der Waals surface area contributed by atoms with Crippen LogP contribution in [0.5, 0.6) is 0 Å². The second kappa shape index (κ2) is 9.01. The smallest absolute Gasteiger partial charge is 0.269 e. The number of hydrazine groups is 1. The molecule has 1 fully saturated rings. The normalized spacial score (nSPS) is 20.7. The van der Waals surface area contributed by atoms with Crippen molar-refractivity contribution < 1.29 is 17.6 Å². The molecule has 0 saturated heterocycles. The van der Waals surface area contributed by atoms with E-state index in [-0.39, 0.29) is 22.5 Å². The predicted molar refractivity (Wildman–Crippen MR) is 113 cm³/mol. The molecule has 1 unspecified atom stereocenters. The summed E-state index contributed by atoms with van der Waals surface area (Å²) in [6, 6.07) is 2.73. The first-order chi connectivity index (χ1) is 14.1. The summed E-state index contributed by atoms with van der Waals surface area (Å²) in [7, 11) is -2.09. The van der Waals surface area contributed by atoms with E-state index >= 15 is 0 Å². The zero-order chi connectivity index (χ0) is 22.1. The maximum absolute atomic E-state index is 14.5. The largest absolute Gasteiger partial charge is 0.340 e. The highest BCUT2D eigenvalue weighted by molar-refractivity contribution is 7.90. The fourth-order valence-corrected chi connectivity index (χ4v) is 5.03. The van der Waals surface area contributed by atoms with E-state index in [1.54, 1.807) is 31.1 Å². The number of halogens is 2. The maximum atomic E-state index is 14.5. The Kier molecular flexibility index (Phi) is 6.81. The third kappa shape index (κ3) is 5.00. The third-order valence-corrected chi connectivity index (χ3v) is 7.58. The van der Waals surface area contributed by atoms with Crippen LogP contribution in [0.1, 0.15) is 43.0 Å². The van der Waals surface area contributed by atoms with Gasteiger partial charge in [0.15, 0.2) is 5.82 Å². The lowest BCUT2D eigenvalue weighted by Crippen LogP contribution is -2.48. The van der Waals surface area contributed by atoms with Crippen molar-refractivity contribution in [3.05, 3.63) is 41.1 Å². The number of sulfonamides is 1. The SMILES string of the molecule is CC(C1CCC(N)CC1)S(=O)(=O)NNC(=O)c1cc(-c2cn(C)cn2)cc(Cl)c1F. The average Bonchev–Trinajstić information content (AvgIpc) is 3.14. The van der Waals surface area contributed by atoms with Crippen LogP contribution in [0.2, 0.25) is 5.02 Å². The van der Waals surface area contributed by atoms with Crippen LogP contribution in [-0.4, -0.2) is 35.2 Å². The number of aryl methyl sites for hydroxylation is 1. The van der Waals surface area contributed by atoms with E-state index in [0.29, 0.717) is 24.1 Å². The molecule has 1 aromatic carbocycles. The van der Waals surface area contributed by atoms with Crippen molar-refractivity contribution >= 4 is 27.5 Å². The Bertz CT molecular complexity index is 1030. The molecule has 8 nitrogen and oxygen atoms in total. The van der Waals surface area contributed by atoms with Gasteiger partial charge in [-0.15, -0.1) is 4.83 Å². The van der Waals surface area contributed by atoms with E-state index in [9.17, 15) is 17.6 Å². The molecule has 1 atom stereocenters. The average molecular weight is 458 g/mol. The molecule has 4 N–H and O–H groups in total. The number of imidazole rings is 1. The van der Waals surface area contributed by atoms with Gasteiger partial charge in [0.25, 0.3) is 5.91 Å². The minimum absolute atomic E-state index is 0.0575. The summed E-state index contributed by atoms with van der Waals surface area (Å²) in [5.74, 6) is -1.95. The number of carbonyl (C=O) groups excluding carboxylic acids is 1. The highest BCUT2D eigenvalue weighted by atomic mass is 35.5. The second-order valence-electron chi connectivity index (χ2n) is 7.73. The van der Waals surface area contributed by atoms with Gasteiger partial charge in [-0.05, 0) is 50.7 Å². The molecule has 30 heavy (non-hydrogen) atoms. The lowest BCUT2D eigenvalue weighted by atomic mass is 9.85. The van der Waals surface area contributed by atoms with Crippen molar-refractivity contribution in [1.82, 2.24) is 19.8 Å². The Labute approximate surface area is 180 Å². The topological polar surface area (TPSA) is 119 Å². The van der Waals surface area contributed by atoms with Gasteiger partial charge in [0.1, 0.15) is 0 Å². The monoisotopic (exact) mass is 457 g/mol. The van der Waals surface area contributed by atoms with Crippen LogP contribution in [0.4, 0.5) is 4.39 Å². The highest BCUT2D eigenvalue weighted by Gasteiger charge is 2.32. The van der Waals surface area contributed by atoms with Crippen LogP contribution in [0.3, 0.4) is 0 Å². The first-order valence-electron chi connectivity index (χ1n) is 9.62. The van der Waals surface area contributed by atoms with Crippen molar-refractivity contribution in [2.75, 3.05) is 0 Å². The van der Waals surface area contributed by atoms with Crippen LogP contribution in [-0.2, 0) is 17.1 Å². The fourth-order valence-electron chi connectivity index (χ4n) is 3.61. The van der Waals surface area contributed by atoms with E-state index in [0.717, 1.165) is 12.8 Å². The van der Waals surface area contributed by atoms with Crippen molar-refractivity contribution in [2.45, 2.75) is 43.9 Å². The number of rotatable bonds is 6. The van der Waals surface area contributed by atoms with Crippen LogP contribution >= 0.6 is 11.6 Å². The summed E-state index contributed by atoms with van der Waals surface area (Å²) in [4.78, 5) is 18.8. The Morgan fingerprint density at radius 2 is 2.00 bits per heavy atom. The van der Waals surface area contributed by atoms with Crippen LogP contribution in [0.25, 0.3) is 11.3 Å². The molecule has 164 valence electrons. The maximum Gasteiger partial charge on any atom is 0.269 e. The Morgan fingerprint density at radius 1 is 1.33 bits per heavy atom. The molecule has 0 bridgehead atoms. The zero-order valence-electron chi connectivity index (χ0n) is 16.7. The van der Waals surface area contributed by atoms with E-state index in [2.05, 4.69) is 15.2 Å². The summed E-state index contributed by atoms with van der Waals surface area (Å²) in [6.45, 7) is 1.59. The molecular formula is C19H25ClFN5O3S. The molecule has 0 radical (unpaired) electrons. The van der Waals surface area contributed by atoms with Crippen LogP contribution < -0.4 is 16.0 Å². The number of carbonyl (C=O) groups is 1. The van der Waals surface area contributed by atoms with Gasteiger partial charge in [0, 0.05) is 24.8 Å². The fraction of sp³-hybridized carbons (Fsp3) is 0.474. The molecule has 2 aromatic rings. The minimum Gasteiger partial charge on any atom is -0.340 e. The van der Waals surface area contributed by atoms with E-state index in [1.165, 1.54) is 12.1 Å². The summed E-state index contributed by atoms with van der Waals surface area (Å²) in [5, 5.41) is -0.989. The summed E-state index contributed by atoms with van der Waals surface area (Å²) < 4.78 is 41.3. The molecule has 11 heteroatoms. The second-order valence-corrected chi connectivity index (χ2v) is 10.2. The molecule has 1 saturated carbocycles. The zero-order valence-corrected chi connectivity index (χ0v) is 18.3. The van der Waals surface area contributed by atoms with E-state index in [4.69, 9.17) is 17.3 Å². The molecule has 1 heterocycles. The van der Waals surface area contributed by atoms with Crippen LogP contribution in [0.15, 0.2) is 24.7 Å². The molecular weight excluding hydrogens is 433 g/mol. The number of nitrogens with two attached hydrogens (primary N) is 1. The lowest BCUT2D eigenvalue weighted by molar-refractivity contribution is 0.0940. The standard InChI is InChI=1S/C19H25ClFN5O3S/c1-11(12-3-5-14(22)6-4-12)30(28,29)25-24-19(27)15-7-13(8-16(20)18(15)21)17-9-26(2)10-23-17/h7-12,14,25H,3-6,22H2,1-2H3,(H,24,27). The first kappa shape index (κ1) is 22.7. The van der Waals surface area contributed by atoms with Crippen molar-refractivity contribution in [1.29, 1.82) is 0 Å². The van der Waals surface area contributed by atoms with E-state index < -0.39 is 27.0 Å². The van der Waals surface area contributed by atoms with Crippen molar-refractivity contribution in [3.8, 4) is 11.3 Å². The van der Waals surface area contributed by atoms with Gasteiger partial charge in [-0.3, -0.25) is 10.2 Å². The summed E-state index contributed by atoms with van der Waals surface area (Å²) in [5.41, 5.74) is 8.51. The molecule has 1 amide bonds. The number of amides is 1. The van der Waals surface area contributed by atoms with Gasteiger partial charge in [-0.2, -0.15) is 0 Å². The van der Waals surface area contributed by atoms with Gasteiger partial charge in [0.05, 0.1) is 27.9 Å². The number of benzene rings is 1. The number of aromatic nitrogens is 2. The van der Waals surface area contributed by atoms with E-state index in [1.807, 2.05) is 0 Å². The predicted octanol–water partition coefficient (Wildman–Crippen LogP) is 2.35. The lowest BCUT2D eigenvalue weighted by Gasteiger charge is -2.30. The minimum atomic E-state index is -3.86. The summed E-state index contributed by atoms with van der Waals surface area (Å²) >= 11 is 5.94. The van der Waals surface area contributed by atoms with Gasteiger partial charge >= 0.3 is 0 Å². The highest BCUT2D eigenvalue weighted by Crippen LogP contribution is 2.29. The van der Waals surface area contributed by atoms with Gasteiger partial charge in [-0.1, -0.05) is 11.6 Å². The Morgan fingerprint density at radius 3 is 2.60 bits per heavy atom. The molecule has 1 aliphatic rings. The Hall–Kier alpha value is -2.01. The quantitative estimate of drug-likeness (QED) is 0.575.